The Labute approximate surface area is 202 Å². The highest BCUT2D eigenvalue weighted by Gasteiger charge is 2.39. The SMILES string of the molecule is Nn1c(SCC(=O)N2N=C(c3ccc4ccccc4c3)C[C@@H]2c2ccccc2)nnc1C(F)(F)F. The third-order valence-electron chi connectivity index (χ3n) is 5.68. The van der Waals surface area contributed by atoms with Gasteiger partial charge in [-0.3, -0.25) is 4.79 Å². The maximum Gasteiger partial charge on any atom is 0.453 e. The van der Waals surface area contributed by atoms with Crippen molar-refractivity contribution in [3.63, 3.8) is 0 Å². The number of halogens is 3. The smallest absolute Gasteiger partial charge is 0.335 e. The number of nitrogens with two attached hydrogens (primary N) is 1. The molecular weight excluding hydrogens is 477 g/mol. The normalized spacial score (nSPS) is 16.0. The zero-order chi connectivity index (χ0) is 24.6. The molecule has 2 N–H and O–H groups in total. The molecule has 0 unspecified atom stereocenters. The summed E-state index contributed by atoms with van der Waals surface area (Å²) in [5, 5.41) is 14.6. The number of nitrogen functional groups attached to an aromatic ring is 1. The van der Waals surface area contributed by atoms with Crippen LogP contribution in [0.5, 0.6) is 0 Å². The quantitative estimate of drug-likeness (QED) is 0.321. The summed E-state index contributed by atoms with van der Waals surface area (Å²) in [7, 11) is 0. The predicted octanol–water partition coefficient (Wildman–Crippen LogP) is 4.63. The van der Waals surface area contributed by atoms with Crippen molar-refractivity contribution in [2.24, 2.45) is 5.10 Å². The average Bonchev–Trinajstić information content (AvgIpc) is 3.47. The molecule has 3 aromatic carbocycles. The van der Waals surface area contributed by atoms with E-state index < -0.39 is 12.0 Å². The molecule has 11 heteroatoms. The van der Waals surface area contributed by atoms with Gasteiger partial charge in [0.2, 0.25) is 5.16 Å². The molecule has 4 aromatic rings. The number of hydrogen-bond acceptors (Lipinski definition) is 6. The van der Waals surface area contributed by atoms with Crippen LogP contribution in [0.4, 0.5) is 13.2 Å². The highest BCUT2D eigenvalue weighted by Crippen LogP contribution is 2.34. The van der Waals surface area contributed by atoms with Crippen LogP contribution in [0.25, 0.3) is 10.8 Å². The number of hydrazone groups is 1. The van der Waals surface area contributed by atoms with Gasteiger partial charge in [-0.15, -0.1) is 10.2 Å². The Kier molecular flexibility index (Phi) is 5.93. The van der Waals surface area contributed by atoms with Crippen molar-refractivity contribution in [3.05, 3.63) is 89.7 Å². The summed E-state index contributed by atoms with van der Waals surface area (Å²) >= 11 is 0.779. The molecule has 5 rings (SSSR count). The first-order chi connectivity index (χ1) is 16.8. The summed E-state index contributed by atoms with van der Waals surface area (Å²) in [4.78, 5) is 13.2. The lowest BCUT2D eigenvalue weighted by Crippen LogP contribution is -2.29. The van der Waals surface area contributed by atoms with Gasteiger partial charge in [0.05, 0.1) is 17.5 Å². The third-order valence-corrected chi connectivity index (χ3v) is 6.60. The zero-order valence-corrected chi connectivity index (χ0v) is 19.0. The number of rotatable bonds is 5. The van der Waals surface area contributed by atoms with E-state index in [4.69, 9.17) is 5.84 Å². The van der Waals surface area contributed by atoms with Gasteiger partial charge in [-0.05, 0) is 28.0 Å². The number of fused-ring (bicyclic) bond motifs is 1. The van der Waals surface area contributed by atoms with Crippen LogP contribution in [0.1, 0.15) is 29.4 Å². The summed E-state index contributed by atoms with van der Waals surface area (Å²) in [5.41, 5.74) is 2.57. The van der Waals surface area contributed by atoms with Crippen LogP contribution in [0.3, 0.4) is 0 Å². The molecule has 7 nitrogen and oxygen atoms in total. The number of thioether (sulfide) groups is 1. The maximum atomic E-state index is 13.2. The van der Waals surface area contributed by atoms with Gasteiger partial charge in [-0.2, -0.15) is 18.3 Å². The van der Waals surface area contributed by atoms with Crippen molar-refractivity contribution in [1.29, 1.82) is 0 Å². The molecule has 1 aromatic heterocycles. The standard InChI is InChI=1S/C24H19F3N6OS/c25-24(26,27)22-29-30-23(32(22)28)35-14-21(34)33-20(16-7-2-1-3-8-16)13-19(31-33)18-11-10-15-6-4-5-9-17(15)12-18/h1-12,20H,13-14,28H2/t20-/m1/s1. The van der Waals surface area contributed by atoms with Gasteiger partial charge in [0.15, 0.2) is 0 Å². The van der Waals surface area contributed by atoms with Crippen LogP contribution in [0.15, 0.2) is 83.1 Å². The highest BCUT2D eigenvalue weighted by atomic mass is 32.2. The molecule has 1 atom stereocenters. The topological polar surface area (TPSA) is 89.4 Å². The molecule has 2 heterocycles. The zero-order valence-electron chi connectivity index (χ0n) is 18.2. The van der Waals surface area contributed by atoms with E-state index in [1.54, 1.807) is 0 Å². The number of amides is 1. The van der Waals surface area contributed by atoms with Gasteiger partial charge in [0.25, 0.3) is 11.7 Å². The molecule has 0 bridgehead atoms. The Balaban J connectivity index is 1.41. The fourth-order valence-electron chi connectivity index (χ4n) is 3.98. The summed E-state index contributed by atoms with van der Waals surface area (Å²) in [6.45, 7) is 0. The van der Waals surface area contributed by atoms with Crippen LogP contribution in [0, 0.1) is 0 Å². The van der Waals surface area contributed by atoms with Crippen molar-refractivity contribution in [1.82, 2.24) is 19.9 Å². The van der Waals surface area contributed by atoms with Gasteiger partial charge in [-0.1, -0.05) is 78.5 Å². The van der Waals surface area contributed by atoms with Gasteiger partial charge in [-0.25, -0.2) is 9.69 Å². The number of hydrogen-bond donors (Lipinski definition) is 1. The molecule has 1 amide bonds. The fraction of sp³-hybridized carbons (Fsp3) is 0.167. The molecule has 0 spiro atoms. The summed E-state index contributed by atoms with van der Waals surface area (Å²) < 4.78 is 39.2. The van der Waals surface area contributed by atoms with Crippen LogP contribution in [-0.2, 0) is 11.0 Å². The number of aromatic nitrogens is 3. The molecular formula is C24H19F3N6OS. The number of alkyl halides is 3. The maximum absolute atomic E-state index is 13.2. The van der Waals surface area contributed by atoms with E-state index in [2.05, 4.69) is 15.3 Å². The number of nitrogens with zero attached hydrogens (tertiary/aromatic N) is 5. The van der Waals surface area contributed by atoms with Crippen LogP contribution >= 0.6 is 11.8 Å². The van der Waals surface area contributed by atoms with Crippen LogP contribution in [-0.4, -0.2) is 37.3 Å². The molecule has 0 saturated carbocycles. The Morgan fingerprint density at radius 2 is 1.71 bits per heavy atom. The minimum absolute atomic E-state index is 0.203. The molecule has 0 fully saturated rings. The summed E-state index contributed by atoms with van der Waals surface area (Å²) in [6.07, 6.45) is -4.24. The highest BCUT2D eigenvalue weighted by molar-refractivity contribution is 7.99. The fourth-order valence-corrected chi connectivity index (χ4v) is 4.69. The van der Waals surface area contributed by atoms with E-state index in [0.717, 1.165) is 39.4 Å². The Bertz CT molecular complexity index is 1420. The Morgan fingerprint density at radius 1 is 1.00 bits per heavy atom. The molecule has 1 aliphatic heterocycles. The first-order valence-corrected chi connectivity index (χ1v) is 11.6. The van der Waals surface area contributed by atoms with E-state index in [9.17, 15) is 18.0 Å². The van der Waals surface area contributed by atoms with Gasteiger partial charge in [0, 0.05) is 6.42 Å². The van der Waals surface area contributed by atoms with Crippen molar-refractivity contribution in [2.75, 3.05) is 11.6 Å². The van der Waals surface area contributed by atoms with Crippen molar-refractivity contribution < 1.29 is 18.0 Å². The van der Waals surface area contributed by atoms with Crippen LogP contribution < -0.4 is 5.84 Å². The number of carbonyl (C=O) groups excluding carboxylic acids is 1. The molecule has 0 aliphatic carbocycles. The van der Waals surface area contributed by atoms with Gasteiger partial charge in [0.1, 0.15) is 0 Å². The van der Waals surface area contributed by atoms with Crippen molar-refractivity contribution in [2.45, 2.75) is 23.8 Å². The lowest BCUT2D eigenvalue weighted by molar-refractivity contribution is -0.146. The minimum Gasteiger partial charge on any atom is -0.335 e. The third kappa shape index (κ3) is 4.59. The summed E-state index contributed by atoms with van der Waals surface area (Å²) in [6, 6.07) is 23.1. The minimum atomic E-state index is -4.74. The van der Waals surface area contributed by atoms with E-state index in [1.165, 1.54) is 5.01 Å². The van der Waals surface area contributed by atoms with E-state index in [-0.39, 0.29) is 22.9 Å². The van der Waals surface area contributed by atoms with Gasteiger partial charge < -0.3 is 5.84 Å². The molecule has 0 saturated heterocycles. The number of benzene rings is 3. The lowest BCUT2D eigenvalue weighted by Gasteiger charge is -2.21. The monoisotopic (exact) mass is 496 g/mol. The van der Waals surface area contributed by atoms with Gasteiger partial charge >= 0.3 is 6.18 Å². The second-order valence-electron chi connectivity index (χ2n) is 7.94. The average molecular weight is 497 g/mol. The largest absolute Gasteiger partial charge is 0.453 e. The predicted molar refractivity (Wildman–Crippen MR) is 127 cm³/mol. The van der Waals surface area contributed by atoms with Crippen molar-refractivity contribution >= 4 is 34.2 Å². The number of carbonyl (C=O) groups is 1. The molecule has 178 valence electrons. The molecule has 35 heavy (non-hydrogen) atoms. The van der Waals surface area contributed by atoms with Crippen LogP contribution in [0.2, 0.25) is 0 Å². The molecule has 1 aliphatic rings. The lowest BCUT2D eigenvalue weighted by atomic mass is 9.97. The van der Waals surface area contributed by atoms with Crippen molar-refractivity contribution in [3.8, 4) is 0 Å². The summed E-state index contributed by atoms with van der Waals surface area (Å²) in [5.74, 6) is 3.58. The van der Waals surface area contributed by atoms with E-state index in [1.807, 2.05) is 72.8 Å². The first kappa shape index (κ1) is 22.9. The second-order valence-corrected chi connectivity index (χ2v) is 8.88. The second kappa shape index (κ2) is 9.06. The molecule has 0 radical (unpaired) electrons. The van der Waals surface area contributed by atoms with E-state index in [0.29, 0.717) is 11.1 Å². The van der Waals surface area contributed by atoms with E-state index >= 15 is 0 Å². The Hall–Kier alpha value is -3.86. The first-order valence-electron chi connectivity index (χ1n) is 10.7. The Morgan fingerprint density at radius 3 is 2.43 bits per heavy atom.